The number of carbonyl (C=O) groups excluding carboxylic acids is 1. The Balaban J connectivity index is 1.56. The van der Waals surface area contributed by atoms with Crippen molar-refractivity contribution < 1.29 is 4.79 Å². The van der Waals surface area contributed by atoms with E-state index in [0.717, 1.165) is 53.3 Å². The first-order valence-electron chi connectivity index (χ1n) is 9.35. The molecular formula is C20H23N7O. The highest BCUT2D eigenvalue weighted by molar-refractivity contribution is 5.90. The van der Waals surface area contributed by atoms with Crippen LogP contribution in [0.15, 0.2) is 30.6 Å². The molecule has 4 heterocycles. The molecule has 0 unspecified atom stereocenters. The Hall–Kier alpha value is -3.29. The molecule has 144 valence electrons. The van der Waals surface area contributed by atoms with E-state index >= 15 is 0 Å². The summed E-state index contributed by atoms with van der Waals surface area (Å²) in [5.41, 5.74) is 2.69. The Morgan fingerprint density at radius 2 is 2.04 bits per heavy atom. The summed E-state index contributed by atoms with van der Waals surface area (Å²) in [6.45, 7) is 5.52. The van der Waals surface area contributed by atoms with Crippen molar-refractivity contribution in [3.8, 4) is 0 Å². The van der Waals surface area contributed by atoms with Crippen molar-refractivity contribution in [2.24, 2.45) is 0 Å². The topological polar surface area (TPSA) is 95.9 Å². The molecule has 0 aromatic carbocycles. The summed E-state index contributed by atoms with van der Waals surface area (Å²) in [7, 11) is 1.58. The number of rotatable bonds is 4. The average Bonchev–Trinajstić information content (AvgIpc) is 3.18. The molecule has 1 amide bonds. The highest BCUT2D eigenvalue weighted by atomic mass is 16.2. The van der Waals surface area contributed by atoms with Crippen LogP contribution in [0, 0.1) is 13.8 Å². The molecule has 1 aliphatic heterocycles. The molecule has 3 aromatic rings. The number of aryl methyl sites for hydroxylation is 1. The highest BCUT2D eigenvalue weighted by Gasteiger charge is 2.27. The Labute approximate surface area is 163 Å². The monoisotopic (exact) mass is 377 g/mol. The number of hydrogen-bond donors (Lipinski definition) is 2. The Morgan fingerprint density at radius 3 is 2.86 bits per heavy atom. The maximum atomic E-state index is 12.0. The number of fused-ring (bicyclic) bond motifs is 1. The normalized spacial score (nSPS) is 16.4. The molecule has 2 N–H and O–H groups in total. The summed E-state index contributed by atoms with van der Waals surface area (Å²) >= 11 is 0. The van der Waals surface area contributed by atoms with E-state index in [-0.39, 0.29) is 17.8 Å². The number of amides is 1. The molecule has 1 fully saturated rings. The first kappa shape index (κ1) is 18.1. The zero-order valence-corrected chi connectivity index (χ0v) is 16.2. The number of carbonyl (C=O) groups is 1. The lowest BCUT2D eigenvalue weighted by Crippen LogP contribution is -2.29. The third-order valence-corrected chi connectivity index (χ3v) is 5.14. The molecule has 3 aromatic heterocycles. The van der Waals surface area contributed by atoms with Crippen molar-refractivity contribution in [1.29, 1.82) is 0 Å². The fourth-order valence-electron chi connectivity index (χ4n) is 3.51. The molecule has 4 rings (SSSR count). The molecule has 1 atom stereocenters. The Morgan fingerprint density at radius 1 is 1.18 bits per heavy atom. The lowest BCUT2D eigenvalue weighted by Gasteiger charge is -2.21. The van der Waals surface area contributed by atoms with E-state index in [2.05, 4.69) is 35.5 Å². The molecule has 0 bridgehead atoms. The smallest absolute Gasteiger partial charge is 0.288 e. The van der Waals surface area contributed by atoms with Crippen LogP contribution in [0.25, 0.3) is 10.9 Å². The predicted octanol–water partition coefficient (Wildman–Crippen LogP) is 2.09. The van der Waals surface area contributed by atoms with Gasteiger partial charge in [-0.15, -0.1) is 0 Å². The predicted molar refractivity (Wildman–Crippen MR) is 109 cm³/mol. The van der Waals surface area contributed by atoms with Crippen molar-refractivity contribution in [2.45, 2.75) is 26.3 Å². The van der Waals surface area contributed by atoms with Gasteiger partial charge in [-0.05, 0) is 32.4 Å². The van der Waals surface area contributed by atoms with E-state index in [1.54, 1.807) is 19.4 Å². The standard InChI is InChI=1S/C20H23N7O/c1-12-13(2)24-18(20(28)21-3)26-19(12)27-10-7-15(11-27)25-17-16-14(6-9-23-17)5-4-8-22-16/h4-6,8-9,15H,7,10-11H2,1-3H3,(H,21,28)(H,23,25)/t15-/m1/s1. The minimum absolute atomic E-state index is 0.205. The lowest BCUT2D eigenvalue weighted by molar-refractivity contribution is 0.0952. The van der Waals surface area contributed by atoms with E-state index < -0.39 is 0 Å². The van der Waals surface area contributed by atoms with Gasteiger partial charge in [0.2, 0.25) is 5.82 Å². The fourth-order valence-corrected chi connectivity index (χ4v) is 3.51. The summed E-state index contributed by atoms with van der Waals surface area (Å²) < 4.78 is 0. The molecule has 28 heavy (non-hydrogen) atoms. The molecule has 1 aliphatic rings. The maximum Gasteiger partial charge on any atom is 0.288 e. The number of nitrogens with zero attached hydrogens (tertiary/aromatic N) is 5. The van der Waals surface area contributed by atoms with Crippen molar-refractivity contribution >= 4 is 28.4 Å². The van der Waals surface area contributed by atoms with E-state index in [0.29, 0.717) is 0 Å². The minimum atomic E-state index is -0.274. The molecule has 0 aliphatic carbocycles. The summed E-state index contributed by atoms with van der Waals surface area (Å²) in [5.74, 6) is 1.55. The molecule has 8 nitrogen and oxygen atoms in total. The maximum absolute atomic E-state index is 12.0. The third-order valence-electron chi connectivity index (χ3n) is 5.14. The van der Waals surface area contributed by atoms with Crippen LogP contribution in [0.5, 0.6) is 0 Å². The Kier molecular flexibility index (Phi) is 4.77. The summed E-state index contributed by atoms with van der Waals surface area (Å²) in [6, 6.07) is 6.14. The van der Waals surface area contributed by atoms with Gasteiger partial charge in [0.1, 0.15) is 11.3 Å². The zero-order valence-electron chi connectivity index (χ0n) is 16.2. The average molecular weight is 377 g/mol. The van der Waals surface area contributed by atoms with Gasteiger partial charge in [0.05, 0.1) is 0 Å². The van der Waals surface area contributed by atoms with Crippen molar-refractivity contribution in [1.82, 2.24) is 25.3 Å². The minimum Gasteiger partial charge on any atom is -0.364 e. The molecule has 0 spiro atoms. The SMILES string of the molecule is CNC(=O)c1nc(C)c(C)c(N2CC[C@@H](Nc3nccc4cccnc34)C2)n1. The van der Waals surface area contributed by atoms with Gasteiger partial charge < -0.3 is 15.5 Å². The molecular weight excluding hydrogens is 354 g/mol. The summed E-state index contributed by atoms with van der Waals surface area (Å²) in [4.78, 5) is 32.0. The fraction of sp³-hybridized carbons (Fsp3) is 0.350. The van der Waals surface area contributed by atoms with Crippen molar-refractivity contribution in [3.63, 3.8) is 0 Å². The first-order valence-corrected chi connectivity index (χ1v) is 9.35. The molecule has 1 saturated heterocycles. The Bertz CT molecular complexity index is 1030. The number of aromatic nitrogens is 4. The lowest BCUT2D eigenvalue weighted by atomic mass is 10.2. The van der Waals surface area contributed by atoms with Crippen LogP contribution >= 0.6 is 0 Å². The van der Waals surface area contributed by atoms with Crippen LogP contribution in [-0.2, 0) is 0 Å². The van der Waals surface area contributed by atoms with Gasteiger partial charge in [0.25, 0.3) is 5.91 Å². The summed E-state index contributed by atoms with van der Waals surface area (Å²) in [5, 5.41) is 7.18. The number of pyridine rings is 2. The van der Waals surface area contributed by atoms with Gasteiger partial charge in [-0.3, -0.25) is 9.78 Å². The van der Waals surface area contributed by atoms with Crippen LogP contribution in [0.2, 0.25) is 0 Å². The highest BCUT2D eigenvalue weighted by Crippen LogP contribution is 2.26. The molecule has 8 heteroatoms. The number of nitrogens with one attached hydrogen (secondary N) is 2. The van der Waals surface area contributed by atoms with E-state index in [9.17, 15) is 4.79 Å². The van der Waals surface area contributed by atoms with Crippen LogP contribution in [0.3, 0.4) is 0 Å². The second kappa shape index (κ2) is 7.38. The summed E-state index contributed by atoms with van der Waals surface area (Å²) in [6.07, 6.45) is 4.53. The van der Waals surface area contributed by atoms with Gasteiger partial charge in [0.15, 0.2) is 5.82 Å². The van der Waals surface area contributed by atoms with Gasteiger partial charge >= 0.3 is 0 Å². The largest absolute Gasteiger partial charge is 0.364 e. The van der Waals surface area contributed by atoms with E-state index in [4.69, 9.17) is 0 Å². The second-order valence-electron chi connectivity index (χ2n) is 6.97. The van der Waals surface area contributed by atoms with Crippen LogP contribution in [0.4, 0.5) is 11.6 Å². The number of hydrogen-bond acceptors (Lipinski definition) is 7. The molecule has 0 saturated carbocycles. The van der Waals surface area contributed by atoms with E-state index in [1.807, 2.05) is 32.0 Å². The van der Waals surface area contributed by atoms with Gasteiger partial charge in [-0.1, -0.05) is 6.07 Å². The zero-order chi connectivity index (χ0) is 19.7. The van der Waals surface area contributed by atoms with Gasteiger partial charge in [-0.25, -0.2) is 15.0 Å². The van der Waals surface area contributed by atoms with Crippen molar-refractivity contribution in [2.75, 3.05) is 30.4 Å². The van der Waals surface area contributed by atoms with Gasteiger partial charge in [0, 0.05) is 55.2 Å². The van der Waals surface area contributed by atoms with Crippen molar-refractivity contribution in [3.05, 3.63) is 47.7 Å². The first-order chi connectivity index (χ1) is 13.6. The number of anilines is 2. The van der Waals surface area contributed by atoms with Gasteiger partial charge in [-0.2, -0.15) is 0 Å². The van der Waals surface area contributed by atoms with Crippen LogP contribution in [0.1, 0.15) is 28.3 Å². The third kappa shape index (κ3) is 3.33. The van der Waals surface area contributed by atoms with Crippen LogP contribution < -0.4 is 15.5 Å². The van der Waals surface area contributed by atoms with Crippen LogP contribution in [-0.4, -0.2) is 52.0 Å². The van der Waals surface area contributed by atoms with E-state index in [1.165, 1.54) is 0 Å². The second-order valence-corrected chi connectivity index (χ2v) is 6.97. The quantitative estimate of drug-likeness (QED) is 0.719. The molecule has 0 radical (unpaired) electrons.